The number of hydrogen-bond acceptors (Lipinski definition) is 4. The number of hydrogen-bond donors (Lipinski definition) is 0. The molecular weight excluding hydrogens is 594 g/mol. The van der Waals surface area contributed by atoms with Crippen LogP contribution in [0.5, 0.6) is 5.75 Å². The monoisotopic (exact) mass is 647 g/mol. The molecule has 0 saturated carbocycles. The first-order chi connectivity index (χ1) is 23.5. The fourth-order valence-corrected chi connectivity index (χ4v) is 6.18. The molecule has 1 aliphatic heterocycles. The molecule has 2 amide bonds. The standard InChI is InChI=1S/C43H53NO4/c1-2-3-4-5-6-7-8-9-10-11-12-13-14-15-19-22-41(37-26-28-38(29-27-37)44-42(46)33-34-43(44)47)48-39-30-23-35(24-31-39)25-32-40(45)36-20-17-16-18-21-36/h16-18,20-21,23-34,41H,2-15,19,22H2,1H3. The SMILES string of the molecule is CCCCCCCCCCCCCCCCCC(Oc1ccc(C=CC(=O)c2ccccc2)cc1)c1ccc(N2C(=O)C=CC2=O)cc1. The minimum absolute atomic E-state index is 0.0314. The van der Waals surface area contributed by atoms with Crippen molar-refractivity contribution in [1.82, 2.24) is 0 Å². The van der Waals surface area contributed by atoms with E-state index in [4.69, 9.17) is 4.74 Å². The largest absolute Gasteiger partial charge is 0.486 e. The predicted octanol–water partition coefficient (Wildman–Crippen LogP) is 11.4. The average molecular weight is 648 g/mol. The lowest BCUT2D eigenvalue weighted by Crippen LogP contribution is -2.29. The van der Waals surface area contributed by atoms with Crippen molar-refractivity contribution in [3.8, 4) is 5.75 Å². The van der Waals surface area contributed by atoms with Crippen molar-refractivity contribution in [2.24, 2.45) is 0 Å². The first-order valence-corrected chi connectivity index (χ1v) is 18.3. The van der Waals surface area contributed by atoms with Gasteiger partial charge in [-0.25, -0.2) is 4.90 Å². The van der Waals surface area contributed by atoms with Crippen molar-refractivity contribution in [2.45, 2.75) is 116 Å². The number of amides is 2. The first kappa shape index (κ1) is 36.6. The maximum atomic E-state index is 12.5. The summed E-state index contributed by atoms with van der Waals surface area (Å²) in [5.41, 5.74) is 3.15. The number of ether oxygens (including phenoxy) is 1. The fraction of sp³-hybridized carbons (Fsp3) is 0.419. The minimum Gasteiger partial charge on any atom is -0.486 e. The van der Waals surface area contributed by atoms with Crippen LogP contribution in [0.2, 0.25) is 0 Å². The highest BCUT2D eigenvalue weighted by Crippen LogP contribution is 2.30. The Kier molecular flexibility index (Phi) is 15.9. The molecule has 1 heterocycles. The second kappa shape index (κ2) is 20.9. The zero-order chi connectivity index (χ0) is 33.8. The molecule has 3 aromatic rings. The van der Waals surface area contributed by atoms with E-state index in [9.17, 15) is 14.4 Å². The van der Waals surface area contributed by atoms with Crippen LogP contribution in [0.25, 0.3) is 6.08 Å². The number of allylic oxidation sites excluding steroid dienone is 1. The quantitative estimate of drug-likeness (QED) is 0.0445. The summed E-state index contributed by atoms with van der Waals surface area (Å²) in [6, 6.07) is 24.6. The van der Waals surface area contributed by atoms with Crippen molar-refractivity contribution in [2.75, 3.05) is 4.90 Å². The number of rotatable bonds is 23. The Hall–Kier alpha value is -4.25. The lowest BCUT2D eigenvalue weighted by Gasteiger charge is -2.21. The molecule has 1 atom stereocenters. The molecule has 1 unspecified atom stereocenters. The van der Waals surface area contributed by atoms with Crippen LogP contribution >= 0.6 is 0 Å². The maximum Gasteiger partial charge on any atom is 0.258 e. The van der Waals surface area contributed by atoms with Crippen LogP contribution in [0.1, 0.15) is 137 Å². The van der Waals surface area contributed by atoms with Crippen molar-refractivity contribution < 1.29 is 19.1 Å². The lowest BCUT2D eigenvalue weighted by atomic mass is 10.0. The number of imide groups is 1. The van der Waals surface area contributed by atoms with Crippen molar-refractivity contribution in [3.63, 3.8) is 0 Å². The Morgan fingerprint density at radius 3 is 1.71 bits per heavy atom. The molecule has 0 spiro atoms. The third kappa shape index (κ3) is 12.4. The van der Waals surface area contributed by atoms with E-state index in [0.29, 0.717) is 11.3 Å². The smallest absolute Gasteiger partial charge is 0.258 e. The summed E-state index contributed by atoms with van der Waals surface area (Å²) in [7, 11) is 0. The molecular formula is C43H53NO4. The Labute approximate surface area is 288 Å². The molecule has 0 bridgehead atoms. The van der Waals surface area contributed by atoms with E-state index < -0.39 is 0 Å². The van der Waals surface area contributed by atoms with E-state index in [0.717, 1.165) is 36.1 Å². The van der Waals surface area contributed by atoms with Crippen LogP contribution < -0.4 is 9.64 Å². The zero-order valence-corrected chi connectivity index (χ0v) is 28.8. The number of ketones is 1. The molecule has 4 rings (SSSR count). The van der Waals surface area contributed by atoms with Crippen LogP contribution in [0.3, 0.4) is 0 Å². The Bertz CT molecular complexity index is 1440. The molecule has 0 radical (unpaired) electrons. The van der Waals surface area contributed by atoms with Gasteiger partial charge in [0.2, 0.25) is 0 Å². The van der Waals surface area contributed by atoms with E-state index in [1.54, 1.807) is 6.08 Å². The highest BCUT2D eigenvalue weighted by Gasteiger charge is 2.25. The molecule has 48 heavy (non-hydrogen) atoms. The Morgan fingerprint density at radius 1 is 0.646 bits per heavy atom. The van der Waals surface area contributed by atoms with E-state index in [1.165, 1.54) is 101 Å². The topological polar surface area (TPSA) is 63.7 Å². The van der Waals surface area contributed by atoms with Gasteiger partial charge in [-0.3, -0.25) is 14.4 Å². The van der Waals surface area contributed by atoms with E-state index in [-0.39, 0.29) is 23.7 Å². The number of nitrogens with zero attached hydrogens (tertiary/aromatic N) is 1. The predicted molar refractivity (Wildman–Crippen MR) is 197 cm³/mol. The average Bonchev–Trinajstić information content (AvgIpc) is 3.46. The summed E-state index contributed by atoms with van der Waals surface area (Å²) in [4.78, 5) is 38.0. The van der Waals surface area contributed by atoms with Crippen LogP contribution in [-0.2, 0) is 9.59 Å². The number of benzene rings is 3. The summed E-state index contributed by atoms with van der Waals surface area (Å²) in [5, 5.41) is 0. The van der Waals surface area contributed by atoms with Gasteiger partial charge in [0.05, 0.1) is 5.69 Å². The zero-order valence-electron chi connectivity index (χ0n) is 28.8. The Morgan fingerprint density at radius 2 is 1.17 bits per heavy atom. The summed E-state index contributed by atoms with van der Waals surface area (Å²) < 4.78 is 6.53. The molecule has 5 heteroatoms. The van der Waals surface area contributed by atoms with Crippen LogP contribution in [0, 0.1) is 0 Å². The van der Waals surface area contributed by atoms with Gasteiger partial charge >= 0.3 is 0 Å². The van der Waals surface area contributed by atoms with Gasteiger partial charge in [-0.15, -0.1) is 0 Å². The molecule has 5 nitrogen and oxygen atoms in total. The van der Waals surface area contributed by atoms with Gasteiger partial charge in [0.25, 0.3) is 11.8 Å². The van der Waals surface area contributed by atoms with Gasteiger partial charge in [-0.1, -0.05) is 157 Å². The fourth-order valence-electron chi connectivity index (χ4n) is 6.18. The molecule has 0 N–H and O–H groups in total. The third-order valence-corrected chi connectivity index (χ3v) is 9.05. The minimum atomic E-state index is -0.321. The molecule has 0 saturated heterocycles. The van der Waals surface area contributed by atoms with Gasteiger partial charge in [0.15, 0.2) is 5.78 Å². The summed E-state index contributed by atoms with van der Waals surface area (Å²) in [6.07, 6.45) is 26.6. The van der Waals surface area contributed by atoms with E-state index in [2.05, 4.69) is 6.92 Å². The van der Waals surface area contributed by atoms with Crippen molar-refractivity contribution >= 4 is 29.4 Å². The first-order valence-electron chi connectivity index (χ1n) is 18.3. The van der Waals surface area contributed by atoms with Gasteiger partial charge in [0.1, 0.15) is 11.9 Å². The summed E-state index contributed by atoms with van der Waals surface area (Å²) in [6.45, 7) is 2.27. The van der Waals surface area contributed by atoms with E-state index in [1.807, 2.05) is 84.9 Å². The van der Waals surface area contributed by atoms with Gasteiger partial charge < -0.3 is 4.74 Å². The molecule has 1 aliphatic rings. The molecule has 3 aromatic carbocycles. The van der Waals surface area contributed by atoms with Gasteiger partial charge in [0, 0.05) is 17.7 Å². The maximum absolute atomic E-state index is 12.5. The highest BCUT2D eigenvalue weighted by molar-refractivity contribution is 6.28. The van der Waals surface area contributed by atoms with Crippen LogP contribution in [0.4, 0.5) is 5.69 Å². The van der Waals surface area contributed by atoms with Crippen molar-refractivity contribution in [3.05, 3.63) is 114 Å². The third-order valence-electron chi connectivity index (χ3n) is 9.05. The highest BCUT2D eigenvalue weighted by atomic mass is 16.5. The second-order valence-corrected chi connectivity index (χ2v) is 12.9. The van der Waals surface area contributed by atoms with Gasteiger partial charge in [-0.05, 0) is 54.3 Å². The van der Waals surface area contributed by atoms with Crippen molar-refractivity contribution in [1.29, 1.82) is 0 Å². The van der Waals surface area contributed by atoms with Gasteiger partial charge in [-0.2, -0.15) is 0 Å². The number of carbonyl (C=O) groups is 3. The number of unbranched alkanes of at least 4 members (excludes halogenated alkanes) is 14. The summed E-state index contributed by atoms with van der Waals surface area (Å²) >= 11 is 0. The molecule has 0 aliphatic carbocycles. The van der Waals surface area contributed by atoms with Crippen LogP contribution in [0.15, 0.2) is 97.1 Å². The molecule has 0 aromatic heterocycles. The Balaban J connectivity index is 1.25. The second-order valence-electron chi connectivity index (χ2n) is 12.9. The molecule has 0 fully saturated rings. The van der Waals surface area contributed by atoms with Crippen LogP contribution in [-0.4, -0.2) is 17.6 Å². The number of carbonyl (C=O) groups excluding carboxylic acids is 3. The van der Waals surface area contributed by atoms with E-state index >= 15 is 0 Å². The normalized spacial score (nSPS) is 13.5. The lowest BCUT2D eigenvalue weighted by molar-refractivity contribution is -0.119. The molecule has 254 valence electrons. The summed E-state index contributed by atoms with van der Waals surface area (Å²) in [5.74, 6) is 0.0812. The number of anilines is 1.